The number of aromatic nitrogens is 1. The van der Waals surface area contributed by atoms with Gasteiger partial charge >= 0.3 is 12.0 Å². The molecule has 1 aromatic heterocycles. The number of aliphatic hydroxyl groups excluding tert-OH is 1. The van der Waals surface area contributed by atoms with Crippen LogP contribution in [-0.2, 0) is 6.61 Å². The third-order valence-corrected chi connectivity index (χ3v) is 5.43. The average Bonchev–Trinajstić information content (AvgIpc) is 3.14. The largest absolute Gasteiger partial charge is 0.477 e. The Bertz CT molecular complexity index is 1020. The molecule has 0 aliphatic rings. The molecule has 0 aliphatic heterocycles. The SMILES string of the molecule is Cc1cc(F)c(COc2nsc(NC(=O)NCCC(O)CCNC(C)C)c2C(=O)O)c(F)c1F. The number of rotatable bonds is 12. The molecule has 1 unspecified atom stereocenters. The molecule has 9 nitrogen and oxygen atoms in total. The molecule has 0 spiro atoms. The van der Waals surface area contributed by atoms with Gasteiger partial charge in [0.25, 0.3) is 0 Å². The fourth-order valence-corrected chi connectivity index (χ4v) is 3.58. The highest BCUT2D eigenvalue weighted by Crippen LogP contribution is 2.31. The molecule has 2 rings (SSSR count). The number of carbonyl (C=O) groups is 2. The second-order valence-electron chi connectivity index (χ2n) is 7.79. The van der Waals surface area contributed by atoms with Crippen LogP contribution in [0.4, 0.5) is 23.0 Å². The average molecular weight is 505 g/mol. The van der Waals surface area contributed by atoms with Gasteiger partial charge in [-0.3, -0.25) is 5.32 Å². The Morgan fingerprint density at radius 3 is 2.50 bits per heavy atom. The zero-order chi connectivity index (χ0) is 25.4. The normalized spacial score (nSPS) is 12.0. The van der Waals surface area contributed by atoms with Crippen molar-refractivity contribution < 1.29 is 37.7 Å². The number of benzene rings is 1. The van der Waals surface area contributed by atoms with E-state index in [1.54, 1.807) is 0 Å². The van der Waals surface area contributed by atoms with Crippen LogP contribution >= 0.6 is 11.5 Å². The van der Waals surface area contributed by atoms with Crippen molar-refractivity contribution in [3.05, 3.63) is 40.2 Å². The number of carbonyl (C=O) groups excluding carboxylic acids is 1. The maximum atomic E-state index is 14.0. The molecule has 13 heteroatoms. The second-order valence-corrected chi connectivity index (χ2v) is 8.56. The monoisotopic (exact) mass is 504 g/mol. The number of aryl methyl sites for hydroxylation is 1. The summed E-state index contributed by atoms with van der Waals surface area (Å²) in [4.78, 5) is 23.8. The molecule has 2 aromatic rings. The maximum absolute atomic E-state index is 14.0. The Labute approximate surface area is 198 Å². The van der Waals surface area contributed by atoms with Gasteiger partial charge in [0.1, 0.15) is 17.4 Å². The van der Waals surface area contributed by atoms with Crippen LogP contribution in [0.5, 0.6) is 5.88 Å². The van der Waals surface area contributed by atoms with E-state index in [1.165, 1.54) is 6.92 Å². The number of carboxylic acid groups (broad SMARTS) is 1. The first-order valence-electron chi connectivity index (χ1n) is 10.5. The molecular formula is C21H27F3N4O5S. The molecule has 0 bridgehead atoms. The minimum Gasteiger partial charge on any atom is -0.477 e. The number of anilines is 1. The first-order valence-corrected chi connectivity index (χ1v) is 11.2. The van der Waals surface area contributed by atoms with E-state index in [2.05, 4.69) is 20.3 Å². The summed E-state index contributed by atoms with van der Waals surface area (Å²) in [5, 5.41) is 27.2. The van der Waals surface area contributed by atoms with Gasteiger partial charge in [-0.1, -0.05) is 13.8 Å². The third-order valence-electron chi connectivity index (χ3n) is 4.68. The molecule has 0 fully saturated rings. The van der Waals surface area contributed by atoms with Crippen LogP contribution in [0.2, 0.25) is 0 Å². The standard InChI is InChI=1S/C21H27F3N4O5S/c1-10(2)25-6-4-12(29)5-7-26-21(32)27-19-15(20(30)31)18(28-34-19)33-9-13-14(22)8-11(3)16(23)17(13)24/h8,10,12,25,29H,4-7,9H2,1-3H3,(H,30,31)(H2,26,27,32). The molecular weight excluding hydrogens is 477 g/mol. The van der Waals surface area contributed by atoms with Crippen LogP contribution < -0.4 is 20.7 Å². The number of carboxylic acids is 1. The molecule has 0 saturated heterocycles. The maximum Gasteiger partial charge on any atom is 0.344 e. The molecule has 1 atom stereocenters. The van der Waals surface area contributed by atoms with E-state index >= 15 is 0 Å². The van der Waals surface area contributed by atoms with Crippen molar-refractivity contribution in [3.63, 3.8) is 0 Å². The molecule has 5 N–H and O–H groups in total. The van der Waals surface area contributed by atoms with Gasteiger partial charge in [0, 0.05) is 12.6 Å². The van der Waals surface area contributed by atoms with Gasteiger partial charge in [0.2, 0.25) is 5.88 Å². The number of ether oxygens (including phenoxy) is 1. The number of hydrogen-bond donors (Lipinski definition) is 5. The molecule has 2 amide bonds. The second kappa shape index (κ2) is 12.5. The lowest BCUT2D eigenvalue weighted by Gasteiger charge is -2.13. The smallest absolute Gasteiger partial charge is 0.344 e. The van der Waals surface area contributed by atoms with Crippen molar-refractivity contribution in [1.29, 1.82) is 0 Å². The van der Waals surface area contributed by atoms with Crippen LogP contribution in [0.25, 0.3) is 0 Å². The number of aromatic carboxylic acids is 1. The van der Waals surface area contributed by atoms with Crippen molar-refractivity contribution in [1.82, 2.24) is 15.0 Å². The highest BCUT2D eigenvalue weighted by Gasteiger charge is 2.25. The van der Waals surface area contributed by atoms with E-state index in [9.17, 15) is 33.0 Å². The summed E-state index contributed by atoms with van der Waals surface area (Å²) >= 11 is 0.588. The van der Waals surface area contributed by atoms with E-state index in [0.29, 0.717) is 37.0 Å². The number of halogens is 3. The van der Waals surface area contributed by atoms with E-state index in [-0.39, 0.29) is 17.1 Å². The van der Waals surface area contributed by atoms with Crippen molar-refractivity contribution in [2.45, 2.75) is 52.4 Å². The number of nitrogens with one attached hydrogen (secondary N) is 3. The lowest BCUT2D eigenvalue weighted by atomic mass is 10.1. The van der Waals surface area contributed by atoms with E-state index < -0.39 is 59.2 Å². The van der Waals surface area contributed by atoms with Gasteiger partial charge in [-0.2, -0.15) is 4.37 Å². The number of urea groups is 1. The quantitative estimate of drug-likeness (QED) is 0.280. The van der Waals surface area contributed by atoms with Crippen molar-refractivity contribution >= 4 is 28.5 Å². The molecule has 0 saturated carbocycles. The fourth-order valence-electron chi connectivity index (χ4n) is 2.85. The molecule has 1 heterocycles. The summed E-state index contributed by atoms with van der Waals surface area (Å²) in [6.07, 6.45) is 0.170. The van der Waals surface area contributed by atoms with Gasteiger partial charge in [-0.25, -0.2) is 22.8 Å². The lowest BCUT2D eigenvalue weighted by Crippen LogP contribution is -2.32. The Morgan fingerprint density at radius 1 is 1.18 bits per heavy atom. The van der Waals surface area contributed by atoms with Gasteiger partial charge in [0.15, 0.2) is 17.2 Å². The zero-order valence-corrected chi connectivity index (χ0v) is 19.7. The summed E-state index contributed by atoms with van der Waals surface area (Å²) in [5.41, 5.74) is -1.47. The van der Waals surface area contributed by atoms with Crippen LogP contribution in [0, 0.1) is 24.4 Å². The minimum absolute atomic E-state index is 0.136. The van der Waals surface area contributed by atoms with E-state index in [4.69, 9.17) is 4.74 Å². The van der Waals surface area contributed by atoms with Crippen molar-refractivity contribution in [2.24, 2.45) is 0 Å². The molecule has 0 aliphatic carbocycles. The first kappa shape index (κ1) is 27.3. The van der Waals surface area contributed by atoms with Gasteiger partial charge in [0.05, 0.1) is 11.7 Å². The summed E-state index contributed by atoms with van der Waals surface area (Å²) in [6, 6.07) is 0.359. The zero-order valence-electron chi connectivity index (χ0n) is 18.9. The highest BCUT2D eigenvalue weighted by atomic mass is 32.1. The first-order chi connectivity index (χ1) is 16.0. The molecule has 1 aromatic carbocycles. The van der Waals surface area contributed by atoms with Gasteiger partial charge in [-0.15, -0.1) is 0 Å². The van der Waals surface area contributed by atoms with Crippen LogP contribution in [0.15, 0.2) is 6.07 Å². The predicted octanol–water partition coefficient (Wildman–Crippen LogP) is 3.41. The molecule has 188 valence electrons. The number of aliphatic hydroxyl groups is 1. The summed E-state index contributed by atoms with van der Waals surface area (Å²) in [5.74, 6) is -5.71. The minimum atomic E-state index is -1.50. The van der Waals surface area contributed by atoms with Gasteiger partial charge < -0.3 is 25.6 Å². The molecule has 0 radical (unpaired) electrons. The Kier molecular flexibility index (Phi) is 10.1. The molecule has 34 heavy (non-hydrogen) atoms. The summed E-state index contributed by atoms with van der Waals surface area (Å²) in [7, 11) is 0. The number of amides is 2. The van der Waals surface area contributed by atoms with Crippen molar-refractivity contribution in [3.8, 4) is 5.88 Å². The van der Waals surface area contributed by atoms with Crippen LogP contribution in [0.1, 0.15) is 48.2 Å². The number of nitrogens with zero attached hydrogens (tertiary/aromatic N) is 1. The predicted molar refractivity (Wildman–Crippen MR) is 120 cm³/mol. The highest BCUT2D eigenvalue weighted by molar-refractivity contribution is 7.11. The Morgan fingerprint density at radius 2 is 1.85 bits per heavy atom. The van der Waals surface area contributed by atoms with E-state index in [1.807, 2.05) is 13.8 Å². The van der Waals surface area contributed by atoms with E-state index in [0.717, 1.165) is 6.07 Å². The van der Waals surface area contributed by atoms with Crippen LogP contribution in [-0.4, -0.2) is 51.8 Å². The van der Waals surface area contributed by atoms with Crippen LogP contribution in [0.3, 0.4) is 0 Å². The summed E-state index contributed by atoms with van der Waals surface area (Å²) in [6.45, 7) is 5.12. The number of hydrogen-bond acceptors (Lipinski definition) is 7. The van der Waals surface area contributed by atoms with Gasteiger partial charge in [-0.05, 0) is 49.5 Å². The lowest BCUT2D eigenvalue weighted by molar-refractivity contribution is 0.0692. The third kappa shape index (κ3) is 7.57. The topological polar surface area (TPSA) is 133 Å². The summed E-state index contributed by atoms with van der Waals surface area (Å²) < 4.78 is 50.6. The Hall–Kier alpha value is -2.90. The fraction of sp³-hybridized carbons (Fsp3) is 0.476. The Balaban J connectivity index is 1.96. The van der Waals surface area contributed by atoms with Crippen molar-refractivity contribution in [2.75, 3.05) is 18.4 Å².